The maximum Gasteiger partial charge on any atom is 0.149 e. The van der Waals surface area contributed by atoms with Crippen molar-refractivity contribution in [2.24, 2.45) is 0 Å². The van der Waals surface area contributed by atoms with Crippen LogP contribution in [0.5, 0.6) is 0 Å². The van der Waals surface area contributed by atoms with Gasteiger partial charge < -0.3 is 4.90 Å². The number of pyridine rings is 1. The van der Waals surface area contributed by atoms with Gasteiger partial charge in [0.05, 0.1) is 17.9 Å². The van der Waals surface area contributed by atoms with E-state index in [9.17, 15) is 4.79 Å². The molecule has 1 heterocycles. The Labute approximate surface area is 138 Å². The molecule has 2 rings (SSSR count). The molecule has 1 aromatic heterocycles. The Balaban J connectivity index is 2.40. The summed E-state index contributed by atoms with van der Waals surface area (Å²) >= 11 is 0. The lowest BCUT2D eigenvalue weighted by molar-refractivity contribution is -0.117. The van der Waals surface area contributed by atoms with Crippen LogP contribution in [-0.4, -0.2) is 28.8 Å². The minimum atomic E-state index is 0.132. The van der Waals surface area contributed by atoms with Crippen molar-refractivity contribution < 1.29 is 4.79 Å². The number of nitrogens with zero attached hydrogens (tertiary/aromatic N) is 2. The normalized spacial score (nSPS) is 10.4. The zero-order chi connectivity index (χ0) is 16.8. The molecule has 0 fully saturated rings. The molecule has 0 aliphatic rings. The van der Waals surface area contributed by atoms with Gasteiger partial charge in [-0.25, -0.2) is 0 Å². The van der Waals surface area contributed by atoms with E-state index in [1.54, 1.807) is 13.1 Å². The first-order chi connectivity index (χ1) is 11.0. The molecule has 0 N–H and O–H groups in total. The summed E-state index contributed by atoms with van der Waals surface area (Å²) in [4.78, 5) is 18.1. The molecule has 0 saturated carbocycles. The second-order valence-electron chi connectivity index (χ2n) is 5.84. The number of aromatic nitrogens is 1. The lowest BCUT2D eigenvalue weighted by atomic mass is 10.0. The Morgan fingerprint density at radius 1 is 1.22 bits per heavy atom. The van der Waals surface area contributed by atoms with Gasteiger partial charge in [0.15, 0.2) is 0 Å². The van der Waals surface area contributed by atoms with Gasteiger partial charge in [0, 0.05) is 18.3 Å². The van der Waals surface area contributed by atoms with Crippen LogP contribution in [0.15, 0.2) is 49.2 Å². The molecule has 0 spiro atoms. The molecule has 1 aromatic carbocycles. The van der Waals surface area contributed by atoms with Crippen LogP contribution in [0, 0.1) is 6.92 Å². The average molecular weight is 308 g/mol. The van der Waals surface area contributed by atoms with Crippen LogP contribution in [0.1, 0.15) is 31.5 Å². The molecule has 0 aliphatic heterocycles. The van der Waals surface area contributed by atoms with Crippen LogP contribution in [0.4, 0.5) is 0 Å². The van der Waals surface area contributed by atoms with E-state index in [1.165, 1.54) is 5.56 Å². The smallest absolute Gasteiger partial charge is 0.149 e. The molecular formula is C20H24N2O. The summed E-state index contributed by atoms with van der Waals surface area (Å²) in [6, 6.07) is 12.4. The Bertz CT molecular complexity index is 689. The topological polar surface area (TPSA) is 33.2 Å². The minimum absolute atomic E-state index is 0.132. The molecule has 2 aromatic rings. The van der Waals surface area contributed by atoms with E-state index >= 15 is 0 Å². The summed E-state index contributed by atoms with van der Waals surface area (Å²) in [5.41, 5.74) is 5.02. The summed E-state index contributed by atoms with van der Waals surface area (Å²) < 4.78 is 0. The van der Waals surface area contributed by atoms with Gasteiger partial charge in [0.25, 0.3) is 0 Å². The summed E-state index contributed by atoms with van der Waals surface area (Å²) in [5.74, 6) is 0.132. The number of hydrogen-bond donors (Lipinski definition) is 0. The number of hydrogen-bond acceptors (Lipinski definition) is 3. The first kappa shape index (κ1) is 16.9. The van der Waals surface area contributed by atoms with Crippen molar-refractivity contribution in [1.29, 1.82) is 0 Å². The highest BCUT2D eigenvalue weighted by Gasteiger charge is 2.16. The summed E-state index contributed by atoms with van der Waals surface area (Å²) in [7, 11) is 0. The maximum atomic E-state index is 11.6. The second kappa shape index (κ2) is 7.73. The largest absolute Gasteiger partial charge is 0.363 e. The number of carbonyl (C=O) groups is 1. The third-order valence-electron chi connectivity index (χ3n) is 3.73. The molecule has 3 heteroatoms. The number of rotatable bonds is 7. The van der Waals surface area contributed by atoms with Crippen LogP contribution in [0.25, 0.3) is 16.8 Å². The van der Waals surface area contributed by atoms with Crippen molar-refractivity contribution in [1.82, 2.24) is 9.88 Å². The van der Waals surface area contributed by atoms with Crippen molar-refractivity contribution in [2.45, 2.75) is 27.2 Å². The zero-order valence-electron chi connectivity index (χ0n) is 14.2. The van der Waals surface area contributed by atoms with E-state index < -0.39 is 0 Å². The molecule has 3 nitrogen and oxygen atoms in total. The van der Waals surface area contributed by atoms with E-state index in [-0.39, 0.29) is 5.78 Å². The fourth-order valence-electron chi connectivity index (χ4n) is 2.60. The van der Waals surface area contributed by atoms with Crippen LogP contribution < -0.4 is 0 Å². The van der Waals surface area contributed by atoms with Gasteiger partial charge in [0.1, 0.15) is 5.78 Å². The third-order valence-corrected chi connectivity index (χ3v) is 3.73. The molecule has 120 valence electrons. The Kier molecular flexibility index (Phi) is 5.69. The van der Waals surface area contributed by atoms with Crippen LogP contribution in [-0.2, 0) is 4.79 Å². The van der Waals surface area contributed by atoms with Gasteiger partial charge in [-0.2, -0.15) is 0 Å². The Morgan fingerprint density at radius 3 is 2.52 bits per heavy atom. The van der Waals surface area contributed by atoms with E-state index in [0.717, 1.165) is 35.5 Å². The average Bonchev–Trinajstić information content (AvgIpc) is 2.54. The summed E-state index contributed by atoms with van der Waals surface area (Å²) in [5, 5.41) is 0. The van der Waals surface area contributed by atoms with Crippen molar-refractivity contribution in [3.8, 4) is 11.1 Å². The first-order valence-electron chi connectivity index (χ1n) is 7.98. The summed E-state index contributed by atoms with van der Waals surface area (Å²) in [6.07, 6.45) is 2.73. The van der Waals surface area contributed by atoms with E-state index in [1.807, 2.05) is 11.0 Å². The predicted molar refractivity (Wildman–Crippen MR) is 96.0 cm³/mol. The van der Waals surface area contributed by atoms with Crippen molar-refractivity contribution in [3.05, 3.63) is 60.4 Å². The van der Waals surface area contributed by atoms with Gasteiger partial charge in [-0.15, -0.1) is 0 Å². The fourth-order valence-corrected chi connectivity index (χ4v) is 2.60. The van der Waals surface area contributed by atoms with E-state index in [4.69, 9.17) is 0 Å². The standard InChI is InChI=1S/C20H24N2O/c1-5-13-22(14-16(3)23)17(4)20-19(7-6-12-21-20)18-10-8-15(2)9-11-18/h6-12H,4-5,13-14H2,1-3H3. The van der Waals surface area contributed by atoms with Gasteiger partial charge >= 0.3 is 0 Å². The van der Waals surface area contributed by atoms with Crippen LogP contribution >= 0.6 is 0 Å². The van der Waals surface area contributed by atoms with Crippen molar-refractivity contribution >= 4 is 11.5 Å². The quantitative estimate of drug-likeness (QED) is 0.763. The SMILES string of the molecule is C=C(c1ncccc1-c1ccc(C)cc1)N(CCC)CC(C)=O. The van der Waals surface area contributed by atoms with Crippen LogP contribution in [0.2, 0.25) is 0 Å². The van der Waals surface area contributed by atoms with Gasteiger partial charge in [-0.1, -0.05) is 49.4 Å². The number of aryl methyl sites for hydroxylation is 1. The molecule has 0 unspecified atom stereocenters. The highest BCUT2D eigenvalue weighted by Crippen LogP contribution is 2.28. The number of carbonyl (C=O) groups excluding carboxylic acids is 1. The lowest BCUT2D eigenvalue weighted by Crippen LogP contribution is -2.28. The number of benzene rings is 1. The Morgan fingerprint density at radius 2 is 1.91 bits per heavy atom. The molecule has 0 atom stereocenters. The molecule has 0 saturated heterocycles. The Hall–Kier alpha value is -2.42. The van der Waals surface area contributed by atoms with E-state index in [2.05, 4.69) is 55.7 Å². The molecule has 0 bridgehead atoms. The highest BCUT2D eigenvalue weighted by atomic mass is 16.1. The van der Waals surface area contributed by atoms with E-state index in [0.29, 0.717) is 6.54 Å². The molecular weight excluding hydrogens is 284 g/mol. The third kappa shape index (κ3) is 4.28. The minimum Gasteiger partial charge on any atom is -0.363 e. The second-order valence-corrected chi connectivity index (χ2v) is 5.84. The first-order valence-corrected chi connectivity index (χ1v) is 7.98. The zero-order valence-corrected chi connectivity index (χ0v) is 14.2. The number of Topliss-reactive ketones (excluding diaryl/α,β-unsaturated/α-hetero) is 1. The highest BCUT2D eigenvalue weighted by molar-refractivity contribution is 5.82. The lowest BCUT2D eigenvalue weighted by Gasteiger charge is -2.26. The molecule has 0 amide bonds. The molecule has 23 heavy (non-hydrogen) atoms. The van der Waals surface area contributed by atoms with Gasteiger partial charge in [-0.05, 0) is 31.9 Å². The summed E-state index contributed by atoms with van der Waals surface area (Å²) in [6.45, 7) is 11.2. The number of ketones is 1. The van der Waals surface area contributed by atoms with Crippen molar-refractivity contribution in [2.75, 3.05) is 13.1 Å². The maximum absolute atomic E-state index is 11.6. The van der Waals surface area contributed by atoms with Crippen LogP contribution in [0.3, 0.4) is 0 Å². The molecule has 0 aliphatic carbocycles. The molecule has 0 radical (unpaired) electrons. The fraction of sp³-hybridized carbons (Fsp3) is 0.300. The van der Waals surface area contributed by atoms with Crippen molar-refractivity contribution in [3.63, 3.8) is 0 Å². The predicted octanol–water partition coefficient (Wildman–Crippen LogP) is 4.33. The monoisotopic (exact) mass is 308 g/mol. The van der Waals surface area contributed by atoms with Gasteiger partial charge in [-0.3, -0.25) is 9.78 Å². The van der Waals surface area contributed by atoms with Gasteiger partial charge in [0.2, 0.25) is 0 Å².